The van der Waals surface area contributed by atoms with E-state index >= 15 is 0 Å². The van der Waals surface area contributed by atoms with Crippen molar-refractivity contribution < 1.29 is 37.3 Å². The maximum atomic E-state index is 13.5. The molecule has 0 aromatic heterocycles. The standard InChI is InChI=1S/C28H27BrF3N3O5/c29-22-8-2-19(3-9-22)16-27(18-39-25(34-27)21-6-12-23(13-7-21)38-15-1-14-36)26(37)35-33-17-20-4-10-24(11-5-20)40-28(30,31)32/h2-13,33,36H,1,14-18H2,(H,35,37)/t27-/m0/s1. The van der Waals surface area contributed by atoms with Gasteiger partial charge in [0.05, 0.1) is 6.61 Å². The van der Waals surface area contributed by atoms with Gasteiger partial charge in [0.2, 0.25) is 5.90 Å². The molecule has 8 nitrogen and oxygen atoms in total. The lowest BCUT2D eigenvalue weighted by molar-refractivity contribution is -0.274. The summed E-state index contributed by atoms with van der Waals surface area (Å²) in [4.78, 5) is 18.2. The lowest BCUT2D eigenvalue weighted by atomic mass is 9.91. The first kappa shape index (κ1) is 29.4. The van der Waals surface area contributed by atoms with E-state index < -0.39 is 17.8 Å². The summed E-state index contributed by atoms with van der Waals surface area (Å²) in [7, 11) is 0. The van der Waals surface area contributed by atoms with E-state index in [2.05, 4.69) is 31.5 Å². The Morgan fingerprint density at radius 1 is 1.00 bits per heavy atom. The highest BCUT2D eigenvalue weighted by Crippen LogP contribution is 2.28. The van der Waals surface area contributed by atoms with Gasteiger partial charge in [-0.25, -0.2) is 10.4 Å². The van der Waals surface area contributed by atoms with E-state index in [1.807, 2.05) is 24.3 Å². The number of nitrogens with zero attached hydrogens (tertiary/aromatic N) is 1. The van der Waals surface area contributed by atoms with Crippen molar-refractivity contribution in [2.24, 2.45) is 4.99 Å². The maximum absolute atomic E-state index is 13.5. The number of carbonyl (C=O) groups is 1. The van der Waals surface area contributed by atoms with Crippen LogP contribution in [0.5, 0.6) is 11.5 Å². The van der Waals surface area contributed by atoms with Gasteiger partial charge in [-0.2, -0.15) is 0 Å². The van der Waals surface area contributed by atoms with E-state index in [1.54, 1.807) is 24.3 Å². The topological polar surface area (TPSA) is 101 Å². The van der Waals surface area contributed by atoms with Crippen molar-refractivity contribution in [3.63, 3.8) is 0 Å². The molecule has 0 fully saturated rings. The Morgan fingerprint density at radius 3 is 2.30 bits per heavy atom. The monoisotopic (exact) mass is 621 g/mol. The number of carbonyl (C=O) groups excluding carboxylic acids is 1. The van der Waals surface area contributed by atoms with Crippen LogP contribution in [0.1, 0.15) is 23.1 Å². The first-order valence-corrected chi connectivity index (χ1v) is 13.1. The number of aliphatic imine (C=N–C) groups is 1. The molecule has 4 rings (SSSR count). The average Bonchev–Trinajstić information content (AvgIpc) is 3.36. The van der Waals surface area contributed by atoms with Gasteiger partial charge >= 0.3 is 6.36 Å². The van der Waals surface area contributed by atoms with Crippen LogP contribution in [0.2, 0.25) is 0 Å². The Labute approximate surface area is 237 Å². The number of ether oxygens (including phenoxy) is 3. The first-order chi connectivity index (χ1) is 19.2. The zero-order valence-corrected chi connectivity index (χ0v) is 22.8. The first-order valence-electron chi connectivity index (χ1n) is 12.3. The molecule has 0 saturated carbocycles. The number of aliphatic hydroxyl groups excluding tert-OH is 1. The summed E-state index contributed by atoms with van der Waals surface area (Å²) in [5.41, 5.74) is 6.41. The highest BCUT2D eigenvalue weighted by Gasteiger charge is 2.44. The van der Waals surface area contributed by atoms with Crippen molar-refractivity contribution in [3.05, 3.63) is 94.0 Å². The largest absolute Gasteiger partial charge is 0.573 e. The molecule has 1 aliphatic heterocycles. The number of benzene rings is 3. The van der Waals surface area contributed by atoms with Gasteiger partial charge in [0.25, 0.3) is 5.91 Å². The summed E-state index contributed by atoms with van der Waals surface area (Å²) in [6.45, 7) is 0.595. The van der Waals surface area contributed by atoms with Crippen LogP contribution in [0.4, 0.5) is 13.2 Å². The lowest BCUT2D eigenvalue weighted by Gasteiger charge is -2.23. The van der Waals surface area contributed by atoms with E-state index in [9.17, 15) is 18.0 Å². The Morgan fingerprint density at radius 2 is 1.65 bits per heavy atom. The summed E-state index contributed by atoms with van der Waals surface area (Å²) in [5.74, 6) is 0.196. The van der Waals surface area contributed by atoms with Crippen LogP contribution in [0.3, 0.4) is 0 Å². The van der Waals surface area contributed by atoms with Crippen LogP contribution in [0, 0.1) is 0 Å². The van der Waals surface area contributed by atoms with Crippen LogP contribution >= 0.6 is 15.9 Å². The molecule has 1 amide bonds. The highest BCUT2D eigenvalue weighted by molar-refractivity contribution is 9.10. The van der Waals surface area contributed by atoms with Crippen molar-refractivity contribution >= 4 is 27.7 Å². The van der Waals surface area contributed by atoms with E-state index in [0.717, 1.165) is 10.0 Å². The molecule has 1 atom stereocenters. The molecule has 0 aliphatic carbocycles. The van der Waals surface area contributed by atoms with Gasteiger partial charge in [0.1, 0.15) is 18.1 Å². The molecule has 1 heterocycles. The van der Waals surface area contributed by atoms with E-state index in [1.165, 1.54) is 24.3 Å². The van der Waals surface area contributed by atoms with Crippen LogP contribution in [0.15, 0.2) is 82.3 Å². The quantitative estimate of drug-likeness (QED) is 0.200. The van der Waals surface area contributed by atoms with Crippen molar-refractivity contribution in [2.75, 3.05) is 19.8 Å². The number of nitrogens with one attached hydrogen (secondary N) is 2. The number of amides is 1. The Bertz CT molecular complexity index is 1300. The third-order valence-corrected chi connectivity index (χ3v) is 6.45. The molecule has 212 valence electrons. The molecule has 0 saturated heterocycles. The summed E-state index contributed by atoms with van der Waals surface area (Å²) >= 11 is 3.41. The fourth-order valence-corrected chi connectivity index (χ4v) is 4.19. The minimum absolute atomic E-state index is 0.00411. The van der Waals surface area contributed by atoms with Crippen LogP contribution in [0.25, 0.3) is 0 Å². The average molecular weight is 622 g/mol. The van der Waals surface area contributed by atoms with Gasteiger partial charge in [-0.1, -0.05) is 40.2 Å². The van der Waals surface area contributed by atoms with Gasteiger partial charge in [0.15, 0.2) is 5.54 Å². The van der Waals surface area contributed by atoms with Gasteiger partial charge in [0, 0.05) is 36.0 Å². The maximum Gasteiger partial charge on any atom is 0.573 e. The van der Waals surface area contributed by atoms with Crippen molar-refractivity contribution in [1.29, 1.82) is 0 Å². The van der Waals surface area contributed by atoms with Gasteiger partial charge in [-0.3, -0.25) is 10.2 Å². The zero-order chi connectivity index (χ0) is 28.6. The molecule has 12 heteroatoms. The minimum atomic E-state index is -4.77. The molecule has 0 spiro atoms. The minimum Gasteiger partial charge on any atom is -0.494 e. The second kappa shape index (κ2) is 13.2. The van der Waals surface area contributed by atoms with Crippen LogP contribution in [-0.2, 0) is 22.5 Å². The second-order valence-electron chi connectivity index (χ2n) is 8.99. The van der Waals surface area contributed by atoms with Crippen molar-refractivity contribution in [1.82, 2.24) is 10.9 Å². The number of hydrazine groups is 1. The zero-order valence-electron chi connectivity index (χ0n) is 21.2. The smallest absolute Gasteiger partial charge is 0.494 e. The molecule has 3 aromatic carbocycles. The predicted molar refractivity (Wildman–Crippen MR) is 145 cm³/mol. The molecule has 0 bridgehead atoms. The third kappa shape index (κ3) is 8.20. The number of hydrogen-bond acceptors (Lipinski definition) is 7. The number of aliphatic hydroxyl groups is 1. The second-order valence-corrected chi connectivity index (χ2v) is 9.91. The van der Waals surface area contributed by atoms with Crippen LogP contribution < -0.4 is 20.3 Å². The van der Waals surface area contributed by atoms with Gasteiger partial charge < -0.3 is 19.3 Å². The van der Waals surface area contributed by atoms with Gasteiger partial charge in [-0.05, 0) is 59.7 Å². The molecular weight excluding hydrogens is 595 g/mol. The van der Waals surface area contributed by atoms with Crippen molar-refractivity contribution in [2.45, 2.75) is 31.3 Å². The van der Waals surface area contributed by atoms with Gasteiger partial charge in [-0.15, -0.1) is 13.2 Å². The molecular formula is C28H27BrF3N3O5. The summed E-state index contributed by atoms with van der Waals surface area (Å²) in [6.07, 6.45) is -3.98. The number of hydrogen-bond donors (Lipinski definition) is 3. The number of alkyl halides is 3. The van der Waals surface area contributed by atoms with Crippen molar-refractivity contribution in [3.8, 4) is 11.5 Å². The highest BCUT2D eigenvalue weighted by atomic mass is 79.9. The number of halogens is 4. The van der Waals surface area contributed by atoms with E-state index in [0.29, 0.717) is 35.8 Å². The summed E-state index contributed by atoms with van der Waals surface area (Å²) in [5, 5.41) is 8.91. The lowest BCUT2D eigenvalue weighted by Crippen LogP contribution is -2.52. The Balaban J connectivity index is 1.46. The van der Waals surface area contributed by atoms with Crippen LogP contribution in [-0.4, -0.2) is 48.6 Å². The fourth-order valence-electron chi connectivity index (χ4n) is 3.92. The molecule has 0 radical (unpaired) electrons. The normalized spacial score (nSPS) is 16.7. The fraction of sp³-hybridized carbons (Fsp3) is 0.286. The van der Waals surface area contributed by atoms with E-state index in [4.69, 9.17) is 19.6 Å². The molecule has 40 heavy (non-hydrogen) atoms. The molecule has 1 aliphatic rings. The summed E-state index contributed by atoms with van der Waals surface area (Å²) < 4.78 is 53.4. The Kier molecular flexibility index (Phi) is 9.67. The number of rotatable bonds is 12. The SMILES string of the molecule is O=C(NNCc1ccc(OC(F)(F)F)cc1)[C@]1(Cc2ccc(Br)cc2)COC(c2ccc(OCCCO)cc2)=N1. The molecule has 3 N–H and O–H groups in total. The predicted octanol–water partition coefficient (Wildman–Crippen LogP) is 4.69. The molecule has 3 aromatic rings. The third-order valence-electron chi connectivity index (χ3n) is 5.92. The molecule has 0 unspecified atom stereocenters. The van der Waals surface area contributed by atoms with E-state index in [-0.39, 0.29) is 31.9 Å². The summed E-state index contributed by atoms with van der Waals surface area (Å²) in [6, 6.07) is 20.0. The Hall–Kier alpha value is -3.61.